The third-order valence-electron chi connectivity index (χ3n) is 6.51. The molecule has 0 aliphatic carbocycles. The minimum atomic E-state index is 0.506. The van der Waals surface area contributed by atoms with Gasteiger partial charge in [-0.05, 0) is 93.3 Å². The maximum Gasteiger partial charge on any atom is 0.202 e. The van der Waals surface area contributed by atoms with E-state index in [2.05, 4.69) is 47.4 Å². The zero-order valence-electron chi connectivity index (χ0n) is 18.6. The van der Waals surface area contributed by atoms with E-state index >= 15 is 0 Å². The molecule has 0 spiro atoms. The first-order valence-corrected chi connectivity index (χ1v) is 11.6. The Balaban J connectivity index is 1.54. The number of anilines is 2. The molecule has 164 valence electrons. The Labute approximate surface area is 190 Å². The Morgan fingerprint density at radius 2 is 1.97 bits per heavy atom. The Bertz CT molecular complexity index is 1010. The topological polar surface area (TPSA) is 43.5 Å². The van der Waals surface area contributed by atoms with Crippen LogP contribution in [0.1, 0.15) is 44.6 Å². The lowest BCUT2D eigenvalue weighted by Gasteiger charge is -2.35. The number of H-pyrrole nitrogens is 1. The van der Waals surface area contributed by atoms with Gasteiger partial charge in [0.2, 0.25) is 5.11 Å². The number of piperidine rings is 1. The summed E-state index contributed by atoms with van der Waals surface area (Å²) >= 11 is 5.62. The monoisotopic (exact) mass is 436 g/mol. The Hall–Kier alpha value is -2.41. The van der Waals surface area contributed by atoms with Crippen molar-refractivity contribution in [3.05, 3.63) is 60.3 Å². The standard InChI is InChI=1S/C25H32N4OS/c1-4-18(2)28-14-12-19(13-15-28)23-17-26-24-11-10-21(16-22(23)24)29(30-3)25(31)27-20-8-6-5-7-9-20/h5-11,16-19,26H,4,12-15H2,1-3H3,(H,27,31). The molecule has 2 N–H and O–H groups in total. The lowest BCUT2D eigenvalue weighted by Crippen LogP contribution is -2.39. The highest BCUT2D eigenvalue weighted by atomic mass is 32.1. The number of benzene rings is 2. The molecule has 0 amide bonds. The van der Waals surface area contributed by atoms with Crippen molar-refractivity contribution in [2.75, 3.05) is 30.6 Å². The Kier molecular flexibility index (Phi) is 6.90. The van der Waals surface area contributed by atoms with E-state index in [0.29, 0.717) is 17.1 Å². The van der Waals surface area contributed by atoms with Gasteiger partial charge in [0.15, 0.2) is 0 Å². The molecule has 0 radical (unpaired) electrons. The maximum atomic E-state index is 5.65. The van der Waals surface area contributed by atoms with Gasteiger partial charge >= 0.3 is 0 Å². The van der Waals surface area contributed by atoms with Crippen LogP contribution in [0.2, 0.25) is 0 Å². The number of para-hydroxylation sites is 1. The first kappa shape index (κ1) is 21.8. The van der Waals surface area contributed by atoms with E-state index in [0.717, 1.165) is 16.9 Å². The minimum absolute atomic E-state index is 0.506. The number of hydrogen-bond donors (Lipinski definition) is 2. The molecule has 1 saturated heterocycles. The normalized spacial score (nSPS) is 16.4. The van der Waals surface area contributed by atoms with E-state index < -0.39 is 0 Å². The molecule has 0 saturated carbocycles. The number of likely N-dealkylation sites (tertiary alicyclic amines) is 1. The first-order valence-electron chi connectivity index (χ1n) is 11.2. The quantitative estimate of drug-likeness (QED) is 0.371. The number of aromatic amines is 1. The summed E-state index contributed by atoms with van der Waals surface area (Å²) in [6.07, 6.45) is 5.80. The number of rotatable bonds is 6. The number of nitrogens with one attached hydrogen (secondary N) is 2. The van der Waals surface area contributed by atoms with Crippen molar-refractivity contribution in [2.45, 2.75) is 45.1 Å². The predicted molar refractivity (Wildman–Crippen MR) is 134 cm³/mol. The van der Waals surface area contributed by atoms with Crippen LogP contribution in [-0.2, 0) is 4.84 Å². The molecule has 5 nitrogen and oxygen atoms in total. The van der Waals surface area contributed by atoms with Gasteiger partial charge in [0.25, 0.3) is 0 Å². The largest absolute Gasteiger partial charge is 0.361 e. The van der Waals surface area contributed by atoms with Gasteiger partial charge in [0.05, 0.1) is 12.8 Å². The lowest BCUT2D eigenvalue weighted by atomic mass is 9.88. The van der Waals surface area contributed by atoms with Crippen LogP contribution in [-0.4, -0.2) is 41.2 Å². The molecular formula is C25H32N4OS. The van der Waals surface area contributed by atoms with Crippen LogP contribution in [0, 0.1) is 0 Å². The van der Waals surface area contributed by atoms with E-state index in [9.17, 15) is 0 Å². The van der Waals surface area contributed by atoms with Crippen LogP contribution in [0.3, 0.4) is 0 Å². The average molecular weight is 437 g/mol. The summed E-state index contributed by atoms with van der Waals surface area (Å²) in [7, 11) is 1.64. The highest BCUT2D eigenvalue weighted by molar-refractivity contribution is 7.80. The van der Waals surface area contributed by atoms with Gasteiger partial charge in [0.1, 0.15) is 0 Å². The van der Waals surface area contributed by atoms with Crippen molar-refractivity contribution in [2.24, 2.45) is 0 Å². The zero-order valence-corrected chi connectivity index (χ0v) is 19.4. The Morgan fingerprint density at radius 3 is 2.65 bits per heavy atom. The number of aromatic nitrogens is 1. The smallest absolute Gasteiger partial charge is 0.202 e. The summed E-state index contributed by atoms with van der Waals surface area (Å²) < 4.78 is 0. The molecule has 3 aromatic rings. The summed E-state index contributed by atoms with van der Waals surface area (Å²) in [4.78, 5) is 11.7. The van der Waals surface area contributed by atoms with Crippen LogP contribution in [0.25, 0.3) is 10.9 Å². The lowest BCUT2D eigenvalue weighted by molar-refractivity contribution is 0.158. The highest BCUT2D eigenvalue weighted by Gasteiger charge is 2.25. The Morgan fingerprint density at radius 1 is 1.23 bits per heavy atom. The molecule has 6 heteroatoms. The number of hydrogen-bond acceptors (Lipinski definition) is 3. The summed E-state index contributed by atoms with van der Waals surface area (Å²) in [5.74, 6) is 0.578. The van der Waals surface area contributed by atoms with E-state index in [4.69, 9.17) is 17.1 Å². The molecule has 1 unspecified atom stereocenters. The van der Waals surface area contributed by atoms with Crippen molar-refractivity contribution in [1.82, 2.24) is 9.88 Å². The van der Waals surface area contributed by atoms with Crippen LogP contribution < -0.4 is 10.4 Å². The van der Waals surface area contributed by atoms with Gasteiger partial charge in [-0.3, -0.25) is 4.84 Å². The molecule has 2 aromatic carbocycles. The van der Waals surface area contributed by atoms with Gasteiger partial charge in [0, 0.05) is 28.8 Å². The van der Waals surface area contributed by atoms with Gasteiger partial charge in [-0.2, -0.15) is 5.06 Å². The fourth-order valence-corrected chi connectivity index (χ4v) is 4.80. The van der Waals surface area contributed by atoms with E-state index in [1.807, 2.05) is 36.4 Å². The van der Waals surface area contributed by atoms with Crippen LogP contribution >= 0.6 is 12.2 Å². The molecule has 1 fully saturated rings. The van der Waals surface area contributed by atoms with Gasteiger partial charge in [-0.25, -0.2) is 0 Å². The molecule has 2 heterocycles. The molecule has 1 aliphatic heterocycles. The molecule has 1 aliphatic rings. The molecule has 4 rings (SSSR count). The summed E-state index contributed by atoms with van der Waals surface area (Å²) in [6.45, 7) is 6.95. The van der Waals surface area contributed by atoms with E-state index in [1.165, 1.54) is 43.3 Å². The molecule has 1 atom stereocenters. The van der Waals surface area contributed by atoms with Crippen LogP contribution in [0.4, 0.5) is 11.4 Å². The molecule has 1 aromatic heterocycles. The van der Waals surface area contributed by atoms with Crippen molar-refractivity contribution in [3.63, 3.8) is 0 Å². The molecular weight excluding hydrogens is 404 g/mol. The van der Waals surface area contributed by atoms with Crippen LogP contribution in [0.15, 0.2) is 54.7 Å². The molecule has 31 heavy (non-hydrogen) atoms. The predicted octanol–water partition coefficient (Wildman–Crippen LogP) is 5.91. The van der Waals surface area contributed by atoms with E-state index in [-0.39, 0.29) is 0 Å². The van der Waals surface area contributed by atoms with Crippen molar-refractivity contribution in [1.29, 1.82) is 0 Å². The van der Waals surface area contributed by atoms with Gasteiger partial charge < -0.3 is 15.2 Å². The summed E-state index contributed by atoms with van der Waals surface area (Å²) in [5, 5.41) is 6.68. The van der Waals surface area contributed by atoms with Gasteiger partial charge in [-0.15, -0.1) is 0 Å². The fraction of sp³-hybridized carbons (Fsp3) is 0.400. The first-order chi connectivity index (χ1) is 15.1. The SMILES string of the molecule is CCC(C)N1CCC(c2c[nH]c3ccc(N(OC)C(=S)Nc4ccccc4)cc23)CC1. The van der Waals surface area contributed by atoms with Crippen molar-refractivity contribution >= 4 is 39.6 Å². The van der Waals surface area contributed by atoms with Crippen LogP contribution in [0.5, 0.6) is 0 Å². The third-order valence-corrected chi connectivity index (χ3v) is 6.78. The number of fused-ring (bicyclic) bond motifs is 1. The fourth-order valence-electron chi connectivity index (χ4n) is 4.51. The maximum absolute atomic E-state index is 5.65. The van der Waals surface area contributed by atoms with Gasteiger partial charge in [-0.1, -0.05) is 25.1 Å². The number of thiocarbonyl (C=S) groups is 1. The summed E-state index contributed by atoms with van der Waals surface area (Å²) in [5.41, 5.74) is 4.41. The summed E-state index contributed by atoms with van der Waals surface area (Å²) in [6, 6.07) is 16.9. The second kappa shape index (κ2) is 9.81. The second-order valence-corrected chi connectivity index (χ2v) is 8.70. The van der Waals surface area contributed by atoms with Crippen molar-refractivity contribution in [3.8, 4) is 0 Å². The number of nitrogens with zero attached hydrogens (tertiary/aromatic N) is 2. The molecule has 0 bridgehead atoms. The third kappa shape index (κ3) is 4.76. The van der Waals surface area contributed by atoms with E-state index in [1.54, 1.807) is 12.2 Å². The highest BCUT2D eigenvalue weighted by Crippen LogP contribution is 2.35. The zero-order chi connectivity index (χ0) is 21.8. The minimum Gasteiger partial charge on any atom is -0.361 e. The average Bonchev–Trinajstić information content (AvgIpc) is 3.23. The second-order valence-electron chi connectivity index (χ2n) is 8.31. The van der Waals surface area contributed by atoms with Crippen molar-refractivity contribution < 1.29 is 4.84 Å². The number of hydroxylamine groups is 1.